The Labute approximate surface area is 155 Å². The lowest BCUT2D eigenvalue weighted by Crippen LogP contribution is -2.14. The number of amides is 1. The summed E-state index contributed by atoms with van der Waals surface area (Å²) in [5.41, 5.74) is 2.87. The van der Waals surface area contributed by atoms with Gasteiger partial charge in [0.05, 0.1) is 11.4 Å². The van der Waals surface area contributed by atoms with Gasteiger partial charge in [-0.25, -0.2) is 9.97 Å². The van der Waals surface area contributed by atoms with Crippen molar-refractivity contribution in [3.63, 3.8) is 0 Å². The highest BCUT2D eigenvalue weighted by molar-refractivity contribution is 7.99. The number of carbonyl (C=O) groups is 1. The van der Waals surface area contributed by atoms with Crippen LogP contribution in [0.15, 0.2) is 59.2 Å². The zero-order valence-corrected chi connectivity index (χ0v) is 15.3. The van der Waals surface area contributed by atoms with Crippen molar-refractivity contribution < 1.29 is 4.79 Å². The highest BCUT2D eigenvalue weighted by atomic mass is 32.2. The van der Waals surface area contributed by atoms with Crippen LogP contribution in [-0.4, -0.2) is 21.6 Å². The number of rotatable bonds is 6. The fourth-order valence-corrected chi connectivity index (χ4v) is 3.54. The van der Waals surface area contributed by atoms with E-state index in [0.717, 1.165) is 11.4 Å². The second-order valence-electron chi connectivity index (χ2n) is 5.27. The highest BCUT2D eigenvalue weighted by Gasteiger charge is 2.06. The molecular weight excluding hydrogens is 350 g/mol. The Morgan fingerprint density at radius 1 is 1.20 bits per heavy atom. The predicted molar refractivity (Wildman–Crippen MR) is 106 cm³/mol. The molecule has 0 radical (unpaired) electrons. The van der Waals surface area contributed by atoms with Crippen LogP contribution in [0.4, 0.5) is 5.69 Å². The predicted octanol–water partition coefficient (Wildman–Crippen LogP) is 4.75. The Morgan fingerprint density at radius 2 is 2.04 bits per heavy atom. The molecule has 2 aromatic heterocycles. The van der Waals surface area contributed by atoms with E-state index >= 15 is 0 Å². The molecule has 2 heterocycles. The number of carbonyl (C=O) groups excluding carboxylic acids is 1. The molecule has 126 valence electrons. The number of nitrogens with zero attached hydrogens (tertiary/aromatic N) is 2. The summed E-state index contributed by atoms with van der Waals surface area (Å²) in [6.45, 7) is 2.09. The summed E-state index contributed by atoms with van der Waals surface area (Å²) in [5, 5.41) is 5.51. The molecule has 0 fully saturated rings. The minimum absolute atomic E-state index is 0.0741. The number of benzene rings is 1. The van der Waals surface area contributed by atoms with Crippen molar-refractivity contribution in [3.05, 3.63) is 70.2 Å². The number of aryl methyl sites for hydroxylation is 1. The van der Waals surface area contributed by atoms with Crippen LogP contribution in [0.25, 0.3) is 12.2 Å². The molecule has 0 unspecified atom stereocenters. The number of nitrogens with one attached hydrogen (secondary N) is 1. The minimum atomic E-state index is -0.0741. The van der Waals surface area contributed by atoms with Crippen LogP contribution in [0.5, 0.6) is 0 Å². The molecule has 4 nitrogen and oxygen atoms in total. The Morgan fingerprint density at radius 3 is 2.80 bits per heavy atom. The number of aromatic nitrogens is 2. The number of para-hydroxylation sites is 1. The van der Waals surface area contributed by atoms with Crippen LogP contribution >= 0.6 is 23.1 Å². The van der Waals surface area contributed by atoms with Crippen molar-refractivity contribution in [1.82, 2.24) is 9.97 Å². The summed E-state index contributed by atoms with van der Waals surface area (Å²) in [6.07, 6.45) is 5.74. The van der Waals surface area contributed by atoms with Crippen LogP contribution < -0.4 is 5.32 Å². The molecule has 1 amide bonds. The standard InChI is InChI=1S/C19H17N3OS2/c1-14-10-12-24-17(14)8-7-16-9-11-20-19(22-16)25-13-18(23)21-15-5-3-2-4-6-15/h2-12H,13H2,1H3,(H,21,23)/b8-7+. The molecule has 1 N–H and O–H groups in total. The van der Waals surface area contributed by atoms with Crippen LogP contribution in [0, 0.1) is 6.92 Å². The molecule has 0 saturated heterocycles. The van der Waals surface area contributed by atoms with Crippen LogP contribution in [-0.2, 0) is 4.79 Å². The average Bonchev–Trinajstić information content (AvgIpc) is 3.04. The lowest BCUT2D eigenvalue weighted by molar-refractivity contribution is -0.113. The van der Waals surface area contributed by atoms with E-state index in [1.54, 1.807) is 17.5 Å². The summed E-state index contributed by atoms with van der Waals surface area (Å²) in [5.74, 6) is 0.196. The van der Waals surface area contributed by atoms with E-state index in [0.29, 0.717) is 5.16 Å². The smallest absolute Gasteiger partial charge is 0.234 e. The van der Waals surface area contributed by atoms with Gasteiger partial charge in [0.25, 0.3) is 0 Å². The zero-order chi connectivity index (χ0) is 17.5. The fourth-order valence-electron chi connectivity index (χ4n) is 2.08. The summed E-state index contributed by atoms with van der Waals surface area (Å²) in [6, 6.07) is 13.3. The number of hydrogen-bond acceptors (Lipinski definition) is 5. The molecule has 25 heavy (non-hydrogen) atoms. The molecule has 0 spiro atoms. The van der Waals surface area contributed by atoms with E-state index in [1.165, 1.54) is 22.2 Å². The molecule has 3 rings (SSSR count). The lowest BCUT2D eigenvalue weighted by atomic mass is 10.2. The van der Waals surface area contributed by atoms with Crippen LogP contribution in [0.2, 0.25) is 0 Å². The number of thiophene rings is 1. The first-order chi connectivity index (χ1) is 12.2. The van der Waals surface area contributed by atoms with E-state index in [1.807, 2.05) is 42.5 Å². The van der Waals surface area contributed by atoms with E-state index in [4.69, 9.17) is 0 Å². The SMILES string of the molecule is Cc1ccsc1/C=C/c1ccnc(SCC(=O)Nc2ccccc2)n1. The lowest BCUT2D eigenvalue weighted by Gasteiger charge is -2.04. The van der Waals surface area contributed by atoms with Gasteiger partial charge in [-0.3, -0.25) is 4.79 Å². The summed E-state index contributed by atoms with van der Waals surface area (Å²) < 4.78 is 0. The Bertz CT molecular complexity index is 875. The maximum Gasteiger partial charge on any atom is 0.234 e. The molecule has 3 aromatic rings. The van der Waals surface area contributed by atoms with Gasteiger partial charge in [0.2, 0.25) is 5.91 Å². The maximum absolute atomic E-state index is 12.0. The van der Waals surface area contributed by atoms with Gasteiger partial charge in [-0.05, 0) is 54.3 Å². The van der Waals surface area contributed by atoms with Gasteiger partial charge < -0.3 is 5.32 Å². The van der Waals surface area contributed by atoms with Crippen LogP contribution in [0.1, 0.15) is 16.1 Å². The molecule has 1 aromatic carbocycles. The second-order valence-corrected chi connectivity index (χ2v) is 7.16. The Hall–Kier alpha value is -2.44. The third kappa shape index (κ3) is 5.27. The highest BCUT2D eigenvalue weighted by Crippen LogP contribution is 2.19. The van der Waals surface area contributed by atoms with Gasteiger partial charge in [-0.15, -0.1) is 11.3 Å². The average molecular weight is 367 g/mol. The summed E-state index contributed by atoms with van der Waals surface area (Å²) in [7, 11) is 0. The quantitative estimate of drug-likeness (QED) is 0.505. The number of anilines is 1. The Balaban J connectivity index is 1.57. The summed E-state index contributed by atoms with van der Waals surface area (Å²) >= 11 is 3.02. The first kappa shape index (κ1) is 17.4. The molecule has 0 atom stereocenters. The molecule has 0 bridgehead atoms. The van der Waals surface area contributed by atoms with Crippen molar-refractivity contribution in [2.24, 2.45) is 0 Å². The number of hydrogen-bond donors (Lipinski definition) is 1. The van der Waals surface area contributed by atoms with Gasteiger partial charge in [0.15, 0.2) is 5.16 Å². The normalized spacial score (nSPS) is 10.9. The third-order valence-electron chi connectivity index (χ3n) is 3.35. The van der Waals surface area contributed by atoms with Crippen LogP contribution in [0.3, 0.4) is 0 Å². The van der Waals surface area contributed by atoms with Gasteiger partial charge in [0.1, 0.15) is 0 Å². The first-order valence-corrected chi connectivity index (χ1v) is 9.60. The fraction of sp³-hybridized carbons (Fsp3) is 0.105. The van der Waals surface area contributed by atoms with Gasteiger partial charge in [-0.2, -0.15) is 0 Å². The topological polar surface area (TPSA) is 54.9 Å². The van der Waals surface area contributed by atoms with Gasteiger partial charge in [0, 0.05) is 16.8 Å². The van der Waals surface area contributed by atoms with Gasteiger partial charge >= 0.3 is 0 Å². The molecular formula is C19H17N3OS2. The Kier molecular flexibility index (Phi) is 5.98. The van der Waals surface area contributed by atoms with E-state index < -0.39 is 0 Å². The molecule has 6 heteroatoms. The largest absolute Gasteiger partial charge is 0.325 e. The van der Waals surface area contributed by atoms with E-state index in [2.05, 4.69) is 39.7 Å². The monoisotopic (exact) mass is 367 g/mol. The molecule has 0 aliphatic rings. The molecule has 0 aliphatic carbocycles. The second kappa shape index (κ2) is 8.60. The van der Waals surface area contributed by atoms with Gasteiger partial charge in [-0.1, -0.05) is 30.0 Å². The minimum Gasteiger partial charge on any atom is -0.325 e. The van der Waals surface area contributed by atoms with Crippen molar-refractivity contribution >= 4 is 46.8 Å². The van der Waals surface area contributed by atoms with Crippen molar-refractivity contribution in [2.45, 2.75) is 12.1 Å². The molecule has 0 saturated carbocycles. The summed E-state index contributed by atoms with van der Waals surface area (Å²) in [4.78, 5) is 21.9. The van der Waals surface area contributed by atoms with Crippen molar-refractivity contribution in [2.75, 3.05) is 11.1 Å². The number of thioether (sulfide) groups is 1. The van der Waals surface area contributed by atoms with Crippen molar-refractivity contribution in [3.8, 4) is 0 Å². The van der Waals surface area contributed by atoms with E-state index in [-0.39, 0.29) is 11.7 Å². The zero-order valence-electron chi connectivity index (χ0n) is 13.7. The third-order valence-corrected chi connectivity index (χ3v) is 5.20. The molecule has 0 aliphatic heterocycles. The maximum atomic E-state index is 12.0. The first-order valence-electron chi connectivity index (χ1n) is 7.73. The van der Waals surface area contributed by atoms with E-state index in [9.17, 15) is 4.79 Å². The van der Waals surface area contributed by atoms with Crippen molar-refractivity contribution in [1.29, 1.82) is 0 Å².